The molecule has 0 unspecified atom stereocenters. The van der Waals surface area contributed by atoms with Gasteiger partial charge in [0.05, 0.1) is 5.52 Å². The number of para-hydroxylation sites is 1. The predicted molar refractivity (Wildman–Crippen MR) is 91.9 cm³/mol. The molecule has 0 fully saturated rings. The SMILES string of the molecule is Cc1nc(N(C)c2cccc(OCC(=O)O)c2)c2ccccc2n1. The van der Waals surface area contributed by atoms with Crippen LogP contribution < -0.4 is 9.64 Å². The highest BCUT2D eigenvalue weighted by Gasteiger charge is 2.12. The molecular weight excluding hydrogens is 306 g/mol. The number of aliphatic carboxylic acids is 1. The maximum atomic E-state index is 10.6. The number of carboxylic acids is 1. The summed E-state index contributed by atoms with van der Waals surface area (Å²) in [6.45, 7) is 1.49. The molecule has 0 aliphatic heterocycles. The molecule has 0 radical (unpaired) electrons. The van der Waals surface area contributed by atoms with Crippen molar-refractivity contribution in [1.82, 2.24) is 9.97 Å². The Hall–Kier alpha value is -3.15. The molecule has 1 heterocycles. The summed E-state index contributed by atoms with van der Waals surface area (Å²) in [7, 11) is 1.91. The van der Waals surface area contributed by atoms with Crippen LogP contribution in [-0.2, 0) is 4.79 Å². The summed E-state index contributed by atoms with van der Waals surface area (Å²) in [5, 5.41) is 9.67. The second-order valence-corrected chi connectivity index (χ2v) is 5.35. The summed E-state index contributed by atoms with van der Waals surface area (Å²) in [6.07, 6.45) is 0. The summed E-state index contributed by atoms with van der Waals surface area (Å²) < 4.78 is 5.25. The molecule has 122 valence electrons. The lowest BCUT2D eigenvalue weighted by atomic mass is 10.2. The second-order valence-electron chi connectivity index (χ2n) is 5.35. The van der Waals surface area contributed by atoms with E-state index >= 15 is 0 Å². The normalized spacial score (nSPS) is 10.6. The zero-order valence-corrected chi connectivity index (χ0v) is 13.4. The molecule has 3 aromatic rings. The minimum absolute atomic E-state index is 0.372. The van der Waals surface area contributed by atoms with Crippen molar-refractivity contribution < 1.29 is 14.6 Å². The summed E-state index contributed by atoms with van der Waals surface area (Å²) in [5.41, 5.74) is 1.73. The van der Waals surface area contributed by atoms with Gasteiger partial charge < -0.3 is 14.7 Å². The van der Waals surface area contributed by atoms with Crippen molar-refractivity contribution in [2.24, 2.45) is 0 Å². The van der Waals surface area contributed by atoms with E-state index in [0.717, 1.165) is 22.4 Å². The molecule has 24 heavy (non-hydrogen) atoms. The minimum atomic E-state index is -1.01. The van der Waals surface area contributed by atoms with E-state index in [-0.39, 0.29) is 6.61 Å². The maximum Gasteiger partial charge on any atom is 0.341 e. The van der Waals surface area contributed by atoms with Gasteiger partial charge in [0.1, 0.15) is 17.4 Å². The average molecular weight is 323 g/mol. The Balaban J connectivity index is 1.99. The van der Waals surface area contributed by atoms with Crippen LogP contribution in [0.5, 0.6) is 5.75 Å². The fourth-order valence-electron chi connectivity index (χ4n) is 2.48. The molecule has 2 aromatic carbocycles. The number of nitrogens with zero attached hydrogens (tertiary/aromatic N) is 3. The van der Waals surface area contributed by atoms with E-state index in [0.29, 0.717) is 11.6 Å². The number of anilines is 2. The highest BCUT2D eigenvalue weighted by atomic mass is 16.5. The van der Waals surface area contributed by atoms with E-state index in [1.807, 2.05) is 55.3 Å². The third kappa shape index (κ3) is 3.27. The zero-order valence-electron chi connectivity index (χ0n) is 13.4. The van der Waals surface area contributed by atoms with Gasteiger partial charge in [-0.05, 0) is 31.2 Å². The smallest absolute Gasteiger partial charge is 0.341 e. The number of fused-ring (bicyclic) bond motifs is 1. The van der Waals surface area contributed by atoms with Gasteiger partial charge in [-0.15, -0.1) is 0 Å². The lowest BCUT2D eigenvalue weighted by molar-refractivity contribution is -0.139. The number of carboxylic acid groups (broad SMARTS) is 1. The number of rotatable bonds is 5. The van der Waals surface area contributed by atoms with Crippen LogP contribution in [0.2, 0.25) is 0 Å². The Morgan fingerprint density at radius 3 is 2.75 bits per heavy atom. The fraction of sp³-hybridized carbons (Fsp3) is 0.167. The first kappa shape index (κ1) is 15.7. The summed E-state index contributed by atoms with van der Waals surface area (Å²) in [6, 6.07) is 15.1. The summed E-state index contributed by atoms with van der Waals surface area (Å²) in [4.78, 5) is 21.6. The molecule has 6 nitrogen and oxygen atoms in total. The number of aromatic nitrogens is 2. The quantitative estimate of drug-likeness (QED) is 0.777. The third-order valence-corrected chi connectivity index (χ3v) is 3.58. The first-order valence-corrected chi connectivity index (χ1v) is 7.46. The van der Waals surface area contributed by atoms with E-state index in [9.17, 15) is 4.79 Å². The maximum absolute atomic E-state index is 10.6. The monoisotopic (exact) mass is 323 g/mol. The van der Waals surface area contributed by atoms with Gasteiger partial charge >= 0.3 is 5.97 Å². The van der Waals surface area contributed by atoms with Crippen molar-refractivity contribution in [3.8, 4) is 5.75 Å². The number of aryl methyl sites for hydroxylation is 1. The standard InChI is InChI=1S/C18H17N3O3/c1-12-19-16-9-4-3-8-15(16)18(20-12)21(2)13-6-5-7-14(10-13)24-11-17(22)23/h3-10H,11H2,1-2H3,(H,22,23). The average Bonchev–Trinajstić information content (AvgIpc) is 2.58. The van der Waals surface area contributed by atoms with Gasteiger partial charge in [0.15, 0.2) is 6.61 Å². The van der Waals surface area contributed by atoms with Gasteiger partial charge in [0.25, 0.3) is 0 Å². The molecule has 0 aliphatic carbocycles. The highest BCUT2D eigenvalue weighted by Crippen LogP contribution is 2.30. The van der Waals surface area contributed by atoms with Crippen LogP contribution in [0.1, 0.15) is 5.82 Å². The van der Waals surface area contributed by atoms with Crippen LogP contribution in [0, 0.1) is 6.92 Å². The molecule has 0 atom stereocenters. The second kappa shape index (κ2) is 6.54. The molecule has 1 aromatic heterocycles. The number of carbonyl (C=O) groups is 1. The van der Waals surface area contributed by atoms with Gasteiger partial charge in [-0.3, -0.25) is 0 Å². The molecule has 0 bridgehead atoms. The Bertz CT molecular complexity index is 896. The van der Waals surface area contributed by atoms with E-state index in [4.69, 9.17) is 9.84 Å². The van der Waals surface area contributed by atoms with Crippen molar-refractivity contribution in [3.63, 3.8) is 0 Å². The molecule has 0 aliphatic rings. The topological polar surface area (TPSA) is 75.6 Å². The summed E-state index contributed by atoms with van der Waals surface area (Å²) >= 11 is 0. The third-order valence-electron chi connectivity index (χ3n) is 3.58. The molecular formula is C18H17N3O3. The molecule has 1 N–H and O–H groups in total. The molecule has 0 amide bonds. The lowest BCUT2D eigenvalue weighted by Gasteiger charge is -2.21. The van der Waals surface area contributed by atoms with E-state index < -0.39 is 5.97 Å². The van der Waals surface area contributed by atoms with Gasteiger partial charge in [0.2, 0.25) is 0 Å². The van der Waals surface area contributed by atoms with Gasteiger partial charge in [-0.1, -0.05) is 18.2 Å². The van der Waals surface area contributed by atoms with Crippen LogP contribution in [0.4, 0.5) is 11.5 Å². The van der Waals surface area contributed by atoms with Crippen molar-refractivity contribution in [1.29, 1.82) is 0 Å². The van der Waals surface area contributed by atoms with Gasteiger partial charge in [-0.2, -0.15) is 0 Å². The minimum Gasteiger partial charge on any atom is -0.482 e. The predicted octanol–water partition coefficient (Wildman–Crippen LogP) is 3.17. The zero-order chi connectivity index (χ0) is 17.1. The molecule has 3 rings (SSSR count). The molecule has 0 saturated heterocycles. The number of hydrogen-bond acceptors (Lipinski definition) is 5. The van der Waals surface area contributed by atoms with Crippen molar-refractivity contribution in [2.45, 2.75) is 6.92 Å². The van der Waals surface area contributed by atoms with Crippen molar-refractivity contribution in [2.75, 3.05) is 18.6 Å². The number of benzene rings is 2. The fourth-order valence-corrected chi connectivity index (χ4v) is 2.48. The van der Waals surface area contributed by atoms with Gasteiger partial charge in [-0.25, -0.2) is 14.8 Å². The van der Waals surface area contributed by atoms with Crippen LogP contribution in [0.3, 0.4) is 0 Å². The molecule has 0 saturated carbocycles. The van der Waals surface area contributed by atoms with E-state index in [2.05, 4.69) is 9.97 Å². The number of ether oxygens (including phenoxy) is 1. The van der Waals surface area contributed by atoms with Crippen LogP contribution in [0.25, 0.3) is 10.9 Å². The van der Waals surface area contributed by atoms with Crippen LogP contribution in [-0.4, -0.2) is 34.7 Å². The van der Waals surface area contributed by atoms with E-state index in [1.54, 1.807) is 12.1 Å². The number of hydrogen-bond donors (Lipinski definition) is 1. The Labute approximate surface area is 139 Å². The van der Waals surface area contributed by atoms with Gasteiger partial charge in [0, 0.05) is 24.2 Å². The Kier molecular flexibility index (Phi) is 4.29. The summed E-state index contributed by atoms with van der Waals surface area (Å²) in [5.74, 6) is 0.963. The largest absolute Gasteiger partial charge is 0.482 e. The van der Waals surface area contributed by atoms with E-state index in [1.165, 1.54) is 0 Å². The van der Waals surface area contributed by atoms with Crippen molar-refractivity contribution in [3.05, 3.63) is 54.4 Å². The molecule has 6 heteroatoms. The Morgan fingerprint density at radius 2 is 1.96 bits per heavy atom. The Morgan fingerprint density at radius 1 is 1.17 bits per heavy atom. The first-order chi connectivity index (χ1) is 11.5. The van der Waals surface area contributed by atoms with Crippen molar-refractivity contribution >= 4 is 28.4 Å². The van der Waals surface area contributed by atoms with Crippen LogP contribution >= 0.6 is 0 Å². The lowest BCUT2D eigenvalue weighted by Crippen LogP contribution is -2.14. The van der Waals surface area contributed by atoms with Crippen LogP contribution in [0.15, 0.2) is 48.5 Å². The molecule has 0 spiro atoms. The highest BCUT2D eigenvalue weighted by molar-refractivity contribution is 5.91. The first-order valence-electron chi connectivity index (χ1n) is 7.46.